The largest absolute Gasteiger partial charge is 0.206 e. The molecule has 0 fully saturated rings. The van der Waals surface area contributed by atoms with Crippen LogP contribution in [0.1, 0.15) is 5.56 Å². The topological polar surface area (TPSA) is 0 Å². The van der Waals surface area contributed by atoms with E-state index in [0.29, 0.717) is 10.6 Å². The Balaban J connectivity index is 2.77. The molecule has 3 heteroatoms. The molecular formula is C13H9ClF2. The zero-order valence-corrected chi connectivity index (χ0v) is 9.35. The van der Waals surface area contributed by atoms with Gasteiger partial charge in [-0.15, -0.1) is 0 Å². The van der Waals surface area contributed by atoms with Crippen LogP contribution in [0.4, 0.5) is 8.78 Å². The number of aryl methyl sites for hydroxylation is 1. The lowest BCUT2D eigenvalue weighted by Gasteiger charge is -2.10. The van der Waals surface area contributed by atoms with Gasteiger partial charge in [-0.25, -0.2) is 8.78 Å². The van der Waals surface area contributed by atoms with Gasteiger partial charge in [-0.1, -0.05) is 29.8 Å². The van der Waals surface area contributed by atoms with E-state index in [1.165, 1.54) is 18.2 Å². The summed E-state index contributed by atoms with van der Waals surface area (Å²) in [6.07, 6.45) is 0. The molecule has 2 aromatic carbocycles. The Kier molecular flexibility index (Phi) is 2.92. The van der Waals surface area contributed by atoms with Crippen molar-refractivity contribution >= 4 is 11.6 Å². The normalized spacial score (nSPS) is 10.5. The molecule has 0 bridgehead atoms. The molecular weight excluding hydrogens is 230 g/mol. The van der Waals surface area contributed by atoms with Crippen LogP contribution in [0.15, 0.2) is 36.4 Å². The van der Waals surface area contributed by atoms with Crippen molar-refractivity contribution in [1.82, 2.24) is 0 Å². The predicted octanol–water partition coefficient (Wildman–Crippen LogP) is 4.59. The van der Waals surface area contributed by atoms with Crippen molar-refractivity contribution in [2.75, 3.05) is 0 Å². The van der Waals surface area contributed by atoms with Gasteiger partial charge in [0.15, 0.2) is 0 Å². The van der Waals surface area contributed by atoms with Gasteiger partial charge in [0.2, 0.25) is 0 Å². The molecule has 16 heavy (non-hydrogen) atoms. The van der Waals surface area contributed by atoms with E-state index in [0.717, 1.165) is 5.56 Å². The van der Waals surface area contributed by atoms with E-state index in [1.807, 2.05) is 0 Å². The van der Waals surface area contributed by atoms with Crippen molar-refractivity contribution in [2.45, 2.75) is 6.92 Å². The SMILES string of the molecule is Cc1cccc(Cl)c1-c1c(F)cccc1F. The minimum Gasteiger partial charge on any atom is -0.206 e. The molecule has 0 aliphatic rings. The average molecular weight is 239 g/mol. The van der Waals surface area contributed by atoms with Gasteiger partial charge in [0, 0.05) is 10.6 Å². The molecule has 0 saturated heterocycles. The van der Waals surface area contributed by atoms with Crippen LogP contribution in [-0.2, 0) is 0 Å². The van der Waals surface area contributed by atoms with E-state index in [9.17, 15) is 8.78 Å². The van der Waals surface area contributed by atoms with Crippen LogP contribution < -0.4 is 0 Å². The van der Waals surface area contributed by atoms with Crippen LogP contribution in [-0.4, -0.2) is 0 Å². The van der Waals surface area contributed by atoms with Gasteiger partial charge in [0.25, 0.3) is 0 Å². The summed E-state index contributed by atoms with van der Waals surface area (Å²) in [5.74, 6) is -1.20. The molecule has 0 amide bonds. The van der Waals surface area contributed by atoms with E-state index in [4.69, 9.17) is 11.6 Å². The maximum absolute atomic E-state index is 13.6. The Morgan fingerprint density at radius 3 is 2.00 bits per heavy atom. The third-order valence-corrected chi connectivity index (χ3v) is 2.75. The second-order valence-corrected chi connectivity index (χ2v) is 3.94. The van der Waals surface area contributed by atoms with Crippen molar-refractivity contribution in [2.24, 2.45) is 0 Å². The molecule has 0 aliphatic heterocycles. The highest BCUT2D eigenvalue weighted by Crippen LogP contribution is 2.34. The van der Waals surface area contributed by atoms with Crippen LogP contribution >= 0.6 is 11.6 Å². The summed E-state index contributed by atoms with van der Waals surface area (Å²) < 4.78 is 27.2. The number of benzene rings is 2. The first-order valence-corrected chi connectivity index (χ1v) is 5.18. The predicted molar refractivity (Wildman–Crippen MR) is 61.5 cm³/mol. The first-order valence-electron chi connectivity index (χ1n) is 4.80. The summed E-state index contributed by atoms with van der Waals surface area (Å²) in [6, 6.07) is 8.92. The third-order valence-electron chi connectivity index (χ3n) is 2.43. The van der Waals surface area contributed by atoms with E-state index in [-0.39, 0.29) is 5.56 Å². The fraction of sp³-hybridized carbons (Fsp3) is 0.0769. The van der Waals surface area contributed by atoms with Crippen molar-refractivity contribution in [1.29, 1.82) is 0 Å². The Morgan fingerprint density at radius 1 is 0.875 bits per heavy atom. The lowest BCUT2D eigenvalue weighted by molar-refractivity contribution is 0.589. The molecule has 2 rings (SSSR count). The van der Waals surface area contributed by atoms with Gasteiger partial charge in [-0.2, -0.15) is 0 Å². The molecule has 0 aromatic heterocycles. The molecule has 0 unspecified atom stereocenters. The minimum atomic E-state index is -0.601. The summed E-state index contributed by atoms with van der Waals surface area (Å²) in [5, 5.41) is 0.351. The van der Waals surface area contributed by atoms with Crippen LogP contribution in [0.2, 0.25) is 5.02 Å². The average Bonchev–Trinajstić information content (AvgIpc) is 2.21. The van der Waals surface area contributed by atoms with Gasteiger partial charge in [0.05, 0.1) is 5.56 Å². The first kappa shape index (κ1) is 11.1. The monoisotopic (exact) mass is 238 g/mol. The molecule has 0 spiro atoms. The van der Waals surface area contributed by atoms with Gasteiger partial charge in [-0.05, 0) is 30.7 Å². The maximum atomic E-state index is 13.6. The van der Waals surface area contributed by atoms with Crippen LogP contribution in [0.25, 0.3) is 11.1 Å². The molecule has 0 aliphatic carbocycles. The fourth-order valence-electron chi connectivity index (χ4n) is 1.69. The van der Waals surface area contributed by atoms with Crippen LogP contribution in [0.3, 0.4) is 0 Å². The van der Waals surface area contributed by atoms with Crippen molar-refractivity contribution in [3.8, 4) is 11.1 Å². The van der Waals surface area contributed by atoms with E-state index in [2.05, 4.69) is 0 Å². The Morgan fingerprint density at radius 2 is 1.44 bits per heavy atom. The maximum Gasteiger partial charge on any atom is 0.134 e. The highest BCUT2D eigenvalue weighted by molar-refractivity contribution is 6.33. The standard InChI is InChI=1S/C13H9ClF2/c1-8-4-2-5-9(14)12(8)13-10(15)6-3-7-11(13)16/h2-7H,1H3. The summed E-state index contributed by atoms with van der Waals surface area (Å²) in [6.45, 7) is 1.77. The molecule has 0 N–H and O–H groups in total. The van der Waals surface area contributed by atoms with Crippen LogP contribution in [0.5, 0.6) is 0 Å². The molecule has 0 heterocycles. The molecule has 2 aromatic rings. The summed E-state index contributed by atoms with van der Waals surface area (Å²) in [5.41, 5.74) is 1.10. The fourth-order valence-corrected chi connectivity index (χ4v) is 2.00. The molecule has 0 saturated carbocycles. The van der Waals surface area contributed by atoms with Crippen molar-refractivity contribution in [3.05, 3.63) is 58.6 Å². The summed E-state index contributed by atoms with van der Waals surface area (Å²) in [7, 11) is 0. The number of hydrogen-bond acceptors (Lipinski definition) is 0. The van der Waals surface area contributed by atoms with E-state index in [1.54, 1.807) is 25.1 Å². The third kappa shape index (κ3) is 1.81. The quantitative estimate of drug-likeness (QED) is 0.682. The Hall–Kier alpha value is -1.41. The number of halogens is 3. The smallest absolute Gasteiger partial charge is 0.134 e. The molecule has 82 valence electrons. The second-order valence-electron chi connectivity index (χ2n) is 3.53. The zero-order valence-electron chi connectivity index (χ0n) is 8.60. The highest BCUT2D eigenvalue weighted by Gasteiger charge is 2.15. The number of hydrogen-bond donors (Lipinski definition) is 0. The van der Waals surface area contributed by atoms with Gasteiger partial charge in [-0.3, -0.25) is 0 Å². The molecule has 0 radical (unpaired) electrons. The van der Waals surface area contributed by atoms with Crippen molar-refractivity contribution in [3.63, 3.8) is 0 Å². The second kappa shape index (κ2) is 4.22. The zero-order chi connectivity index (χ0) is 11.7. The van der Waals surface area contributed by atoms with Gasteiger partial charge in [0.1, 0.15) is 11.6 Å². The Labute approximate surface area is 97.5 Å². The summed E-state index contributed by atoms with van der Waals surface area (Å²) >= 11 is 5.97. The lowest BCUT2D eigenvalue weighted by atomic mass is 9.99. The summed E-state index contributed by atoms with van der Waals surface area (Å²) in [4.78, 5) is 0. The first-order chi connectivity index (χ1) is 7.61. The molecule has 0 nitrogen and oxygen atoms in total. The van der Waals surface area contributed by atoms with E-state index >= 15 is 0 Å². The highest BCUT2D eigenvalue weighted by atomic mass is 35.5. The van der Waals surface area contributed by atoms with Crippen LogP contribution in [0, 0.1) is 18.6 Å². The van der Waals surface area contributed by atoms with E-state index < -0.39 is 11.6 Å². The minimum absolute atomic E-state index is 0.0643. The van der Waals surface area contributed by atoms with Gasteiger partial charge >= 0.3 is 0 Å². The Bertz CT molecular complexity index is 445. The van der Waals surface area contributed by atoms with Gasteiger partial charge < -0.3 is 0 Å². The molecule has 0 atom stereocenters. The number of rotatable bonds is 1. The van der Waals surface area contributed by atoms with Crippen molar-refractivity contribution < 1.29 is 8.78 Å². The lowest BCUT2D eigenvalue weighted by Crippen LogP contribution is -1.93.